The minimum atomic E-state index is -1.34. The first-order valence-corrected chi connectivity index (χ1v) is 26.2. The molecule has 0 aliphatic rings. The second kappa shape index (κ2) is 18.9. The van der Waals surface area contributed by atoms with Gasteiger partial charge in [-0.1, -0.05) is 150 Å². The van der Waals surface area contributed by atoms with E-state index in [4.69, 9.17) is 14.4 Å². The Morgan fingerprint density at radius 3 is 1.97 bits per heavy atom. The molecular formula is C59H56IrN4OSi-2. The molecule has 0 N–H and O–H groups in total. The number of para-hydroxylation sites is 2. The van der Waals surface area contributed by atoms with Crippen molar-refractivity contribution < 1.29 is 24.5 Å². The van der Waals surface area contributed by atoms with Gasteiger partial charge in [-0.3, -0.25) is 4.98 Å². The number of hydrogen-bond acceptors (Lipinski definition) is 4. The average Bonchev–Trinajstić information content (AvgIpc) is 3.87. The predicted octanol–water partition coefficient (Wildman–Crippen LogP) is 15.0. The van der Waals surface area contributed by atoms with Crippen molar-refractivity contribution in [3.8, 4) is 50.6 Å². The third kappa shape index (κ3) is 9.39. The molecule has 0 amide bonds. The van der Waals surface area contributed by atoms with Gasteiger partial charge in [-0.25, -0.2) is 4.98 Å². The van der Waals surface area contributed by atoms with Crippen LogP contribution in [0.3, 0.4) is 0 Å². The van der Waals surface area contributed by atoms with E-state index in [1.165, 1.54) is 16.3 Å². The number of furan rings is 1. The first-order valence-electron chi connectivity index (χ1n) is 22.7. The third-order valence-electron chi connectivity index (χ3n) is 12.0. The Morgan fingerprint density at radius 1 is 0.697 bits per heavy atom. The molecule has 4 heterocycles. The molecular weight excluding hydrogens is 1000 g/mol. The molecule has 10 rings (SSSR count). The van der Waals surface area contributed by atoms with Gasteiger partial charge >= 0.3 is 0 Å². The SMILES string of the molecule is CC(C)Cc1cc(-c2[c-]cccc2)ncc1[Si](C)(C)C.Cc1ccc2c(n1)oc1c(-c3nc4ccccc4n3-c3c(-c4ccccc4)cc(C(C)(C)C)cc3-c3ccccc3)[c-]ccc12.[Ir]. The van der Waals surface area contributed by atoms with Crippen LogP contribution in [0.1, 0.15) is 51.4 Å². The van der Waals surface area contributed by atoms with Crippen molar-refractivity contribution in [1.82, 2.24) is 19.5 Å². The van der Waals surface area contributed by atoms with E-state index in [9.17, 15) is 0 Å². The summed E-state index contributed by atoms with van der Waals surface area (Å²) in [6, 6.07) is 59.7. The van der Waals surface area contributed by atoms with Crippen molar-refractivity contribution >= 4 is 46.4 Å². The molecule has 0 fully saturated rings. The van der Waals surface area contributed by atoms with Gasteiger partial charge in [0.25, 0.3) is 0 Å². The predicted molar refractivity (Wildman–Crippen MR) is 275 cm³/mol. The van der Waals surface area contributed by atoms with E-state index in [0.29, 0.717) is 11.6 Å². The fourth-order valence-electron chi connectivity index (χ4n) is 8.77. The molecule has 0 aliphatic heterocycles. The summed E-state index contributed by atoms with van der Waals surface area (Å²) in [5, 5.41) is 3.48. The number of hydrogen-bond donors (Lipinski definition) is 0. The molecule has 10 aromatic rings. The summed E-state index contributed by atoms with van der Waals surface area (Å²) < 4.78 is 8.81. The van der Waals surface area contributed by atoms with Gasteiger partial charge in [-0.15, -0.1) is 54.1 Å². The van der Waals surface area contributed by atoms with Crippen LogP contribution in [0.15, 0.2) is 162 Å². The maximum Gasteiger partial charge on any atom is 0.216 e. The van der Waals surface area contributed by atoms with E-state index in [0.717, 1.165) is 90.1 Å². The maximum atomic E-state index is 6.50. The Morgan fingerprint density at radius 2 is 1.35 bits per heavy atom. The van der Waals surface area contributed by atoms with Crippen LogP contribution in [0.5, 0.6) is 0 Å². The fourth-order valence-corrected chi connectivity index (χ4v) is 10.4. The zero-order valence-electron chi connectivity index (χ0n) is 39.3. The number of nitrogens with zero attached hydrogens (tertiary/aromatic N) is 4. The third-order valence-corrected chi connectivity index (χ3v) is 14.1. The molecule has 7 heteroatoms. The van der Waals surface area contributed by atoms with Crippen molar-refractivity contribution in [2.75, 3.05) is 0 Å². The van der Waals surface area contributed by atoms with E-state index in [1.807, 2.05) is 43.3 Å². The van der Waals surface area contributed by atoms with Gasteiger partial charge in [0.15, 0.2) is 0 Å². The molecule has 5 nitrogen and oxygen atoms in total. The molecule has 333 valence electrons. The van der Waals surface area contributed by atoms with Gasteiger partial charge in [-0.2, -0.15) is 0 Å². The van der Waals surface area contributed by atoms with Crippen LogP contribution in [0, 0.1) is 25.0 Å². The Labute approximate surface area is 404 Å². The summed E-state index contributed by atoms with van der Waals surface area (Å²) in [5.41, 5.74) is 15.4. The number of aromatic nitrogens is 4. The first-order chi connectivity index (χ1) is 31.2. The average molecular weight is 1060 g/mol. The van der Waals surface area contributed by atoms with Gasteiger partial charge in [-0.05, 0) is 88.6 Å². The van der Waals surface area contributed by atoms with Crippen molar-refractivity contribution in [1.29, 1.82) is 0 Å². The van der Waals surface area contributed by atoms with E-state index < -0.39 is 8.07 Å². The molecule has 0 bridgehead atoms. The maximum absolute atomic E-state index is 6.50. The quantitative estimate of drug-likeness (QED) is 0.112. The Hall–Kier alpha value is -6.24. The molecule has 1 radical (unpaired) electrons. The molecule has 0 atom stereocenters. The van der Waals surface area contributed by atoms with E-state index in [1.54, 1.807) is 0 Å². The van der Waals surface area contributed by atoms with Crippen molar-refractivity contribution in [3.63, 3.8) is 0 Å². The topological polar surface area (TPSA) is 56.7 Å². The standard InChI is InChI=1S/C41H32N3O.C18H24NSi.Ir/c1-26-22-23-31-30-18-13-19-32(38(30)45-40(31)42-26)39-43-35-20-11-12-21-36(35)44(39)37-33(27-14-7-5-8-15-27)24-29(41(2,3)4)25-34(37)28-16-9-6-10-17-28;1-14(2)11-16-12-17(15-9-7-6-8-10-15)19-13-18(16)20(3,4)5;/h5-18,20-25H,1-4H3;6-9,12-14H,11H2,1-5H3;/q2*-1;. The second-order valence-corrected chi connectivity index (χ2v) is 24.6. The van der Waals surface area contributed by atoms with Gasteiger partial charge < -0.3 is 14.0 Å². The molecule has 4 aromatic heterocycles. The summed E-state index contributed by atoms with van der Waals surface area (Å²) in [6.45, 7) is 20.5. The summed E-state index contributed by atoms with van der Waals surface area (Å²) in [7, 11) is -1.34. The molecule has 6 aromatic carbocycles. The zero-order valence-corrected chi connectivity index (χ0v) is 42.7. The molecule has 0 saturated carbocycles. The summed E-state index contributed by atoms with van der Waals surface area (Å²) in [5.74, 6) is 1.44. The van der Waals surface area contributed by atoms with Crippen LogP contribution >= 0.6 is 0 Å². The second-order valence-electron chi connectivity index (χ2n) is 19.5. The number of benzene rings is 6. The van der Waals surface area contributed by atoms with Gasteiger partial charge in [0.05, 0.1) is 36.2 Å². The normalized spacial score (nSPS) is 11.8. The number of rotatable bonds is 8. The molecule has 0 unspecified atom stereocenters. The summed E-state index contributed by atoms with van der Waals surface area (Å²) in [6.07, 6.45) is 3.24. The van der Waals surface area contributed by atoms with Gasteiger partial charge in [0, 0.05) is 48.5 Å². The first kappa shape index (κ1) is 46.3. The number of imidazole rings is 1. The fraction of sp³-hybridized carbons (Fsp3) is 0.203. The minimum Gasteiger partial charge on any atom is -0.486 e. The van der Waals surface area contributed by atoms with Crippen LogP contribution in [0.4, 0.5) is 0 Å². The summed E-state index contributed by atoms with van der Waals surface area (Å²) in [4.78, 5) is 14.7. The van der Waals surface area contributed by atoms with E-state index >= 15 is 0 Å². The Balaban J connectivity index is 0.000000238. The van der Waals surface area contributed by atoms with Crippen molar-refractivity contribution in [2.45, 2.75) is 73.0 Å². The molecule has 0 spiro atoms. The van der Waals surface area contributed by atoms with Crippen molar-refractivity contribution in [2.24, 2.45) is 5.92 Å². The van der Waals surface area contributed by atoms with Gasteiger partial charge in [0.1, 0.15) is 0 Å². The molecule has 0 aliphatic carbocycles. The van der Waals surface area contributed by atoms with Crippen LogP contribution in [-0.4, -0.2) is 27.6 Å². The van der Waals surface area contributed by atoms with E-state index in [2.05, 4.69) is 197 Å². The van der Waals surface area contributed by atoms with E-state index in [-0.39, 0.29) is 25.5 Å². The minimum absolute atomic E-state index is 0. The Kier molecular flexibility index (Phi) is 13.3. The van der Waals surface area contributed by atoms with Crippen LogP contribution in [0.2, 0.25) is 19.6 Å². The monoisotopic (exact) mass is 1060 g/mol. The molecule has 0 saturated heterocycles. The van der Waals surface area contributed by atoms with Crippen LogP contribution in [-0.2, 0) is 31.9 Å². The number of pyridine rings is 2. The Bertz CT molecular complexity index is 3230. The molecule has 66 heavy (non-hydrogen) atoms. The number of fused-ring (bicyclic) bond motifs is 4. The largest absolute Gasteiger partial charge is 0.486 e. The van der Waals surface area contributed by atoms with Crippen molar-refractivity contribution in [3.05, 3.63) is 187 Å². The van der Waals surface area contributed by atoms with Crippen LogP contribution < -0.4 is 5.19 Å². The van der Waals surface area contributed by atoms with Gasteiger partial charge in [0.2, 0.25) is 5.71 Å². The zero-order chi connectivity index (χ0) is 45.5. The smallest absolute Gasteiger partial charge is 0.216 e. The number of aryl methyl sites for hydroxylation is 1. The van der Waals surface area contributed by atoms with Crippen LogP contribution in [0.25, 0.3) is 83.7 Å². The summed E-state index contributed by atoms with van der Waals surface area (Å²) >= 11 is 0.